The summed E-state index contributed by atoms with van der Waals surface area (Å²) < 4.78 is 20.9. The summed E-state index contributed by atoms with van der Waals surface area (Å²) in [6, 6.07) is 5.64. The number of nitrogens with zero attached hydrogens (tertiary/aromatic N) is 1. The van der Waals surface area contributed by atoms with Crippen LogP contribution in [0.5, 0.6) is 5.75 Å². The molecule has 6 saturated carbocycles. The topological polar surface area (TPSA) is 242 Å². The number of aryl methyl sites for hydroxylation is 1. The lowest BCUT2D eigenvalue weighted by Gasteiger charge is -2.73. The van der Waals surface area contributed by atoms with Crippen molar-refractivity contribution in [3.8, 4) is 5.75 Å². The van der Waals surface area contributed by atoms with Gasteiger partial charge in [-0.25, -0.2) is 0 Å². The molecular formula is C79H100N2O13S2. The lowest BCUT2D eigenvalue weighted by Crippen LogP contribution is -2.76. The number of carbonyl (C=O) groups excluding carboxylic acids is 2. The highest BCUT2D eigenvalue weighted by atomic mass is 33.1. The number of benzene rings is 1. The zero-order valence-corrected chi connectivity index (χ0v) is 57.9. The van der Waals surface area contributed by atoms with Crippen LogP contribution in [0.2, 0.25) is 0 Å². The van der Waals surface area contributed by atoms with E-state index < -0.39 is 108 Å². The summed E-state index contributed by atoms with van der Waals surface area (Å²) in [4.78, 5) is 36.1. The second-order valence-corrected chi connectivity index (χ2v) is 38.0. The summed E-state index contributed by atoms with van der Waals surface area (Å²) in [6.45, 7) is 8.70. The number of allylic oxidation sites excluding steroid dienone is 6. The summed E-state index contributed by atoms with van der Waals surface area (Å²) >= 11 is 0. The molecule has 28 atom stereocenters. The van der Waals surface area contributed by atoms with E-state index >= 15 is 9.59 Å². The fourth-order valence-electron chi connectivity index (χ4n) is 28.5. The first-order valence-corrected chi connectivity index (χ1v) is 39.6. The van der Waals surface area contributed by atoms with Crippen molar-refractivity contribution in [3.63, 3.8) is 0 Å². The summed E-state index contributed by atoms with van der Waals surface area (Å²) in [6.07, 6.45) is 32.5. The number of hydrogen-bond acceptors (Lipinski definition) is 16. The number of aromatic hydroxyl groups is 1. The zero-order valence-electron chi connectivity index (χ0n) is 56.3. The van der Waals surface area contributed by atoms with Crippen LogP contribution in [0.3, 0.4) is 0 Å². The van der Waals surface area contributed by atoms with Crippen LogP contribution in [-0.4, -0.2) is 155 Å². The van der Waals surface area contributed by atoms with Crippen molar-refractivity contribution in [2.45, 2.75) is 207 Å². The molecule has 0 aromatic heterocycles. The number of nitrogens with one attached hydrogen (secondary N) is 1. The molecule has 5 spiro atoms. The van der Waals surface area contributed by atoms with Gasteiger partial charge in [0.2, 0.25) is 5.91 Å². The molecule has 9 N–H and O–H groups in total. The van der Waals surface area contributed by atoms with Gasteiger partial charge in [-0.2, -0.15) is 0 Å². The number of amides is 1. The average molecular weight is 1350 g/mol. The second kappa shape index (κ2) is 20.7. The van der Waals surface area contributed by atoms with Crippen LogP contribution in [0.15, 0.2) is 102 Å². The van der Waals surface area contributed by atoms with Crippen LogP contribution < -0.4 is 10.2 Å². The number of aliphatic hydroxyl groups is 7. The smallest absolute Gasteiger partial charge is 0.235 e. The van der Waals surface area contributed by atoms with E-state index in [1.54, 1.807) is 12.1 Å². The predicted molar refractivity (Wildman–Crippen MR) is 364 cm³/mol. The Morgan fingerprint density at radius 2 is 1.72 bits per heavy atom. The van der Waals surface area contributed by atoms with E-state index in [1.807, 2.05) is 17.9 Å². The van der Waals surface area contributed by atoms with Crippen LogP contribution >= 0.6 is 21.6 Å². The first-order chi connectivity index (χ1) is 46.0. The molecule has 1 aromatic carbocycles. The third-order valence-corrected chi connectivity index (χ3v) is 35.1. The molecule has 15 nitrogen and oxygen atoms in total. The van der Waals surface area contributed by atoms with Gasteiger partial charge in [-0.15, -0.1) is 0 Å². The molecule has 9 aliphatic heterocycles. The van der Waals surface area contributed by atoms with Gasteiger partial charge in [0.1, 0.15) is 28.5 Å². The van der Waals surface area contributed by atoms with Gasteiger partial charge in [0.05, 0.1) is 60.7 Å². The lowest BCUT2D eigenvalue weighted by atomic mass is 9.34. The van der Waals surface area contributed by atoms with Crippen LogP contribution in [0, 0.1) is 103 Å². The highest BCUT2D eigenvalue weighted by Gasteiger charge is 2.87. The van der Waals surface area contributed by atoms with Crippen molar-refractivity contribution in [2.24, 2.45) is 103 Å². The molecular weight excluding hydrogens is 1250 g/mol. The molecule has 0 unspecified atom stereocenters. The number of ketones is 1. The molecule has 1 aromatic rings. The third-order valence-electron chi connectivity index (χ3n) is 32.5. The van der Waals surface area contributed by atoms with Gasteiger partial charge < -0.3 is 65.3 Å². The van der Waals surface area contributed by atoms with E-state index in [-0.39, 0.29) is 90.8 Å². The minimum absolute atomic E-state index is 0.00916. The van der Waals surface area contributed by atoms with Crippen LogP contribution in [-0.2, 0) is 30.2 Å². The number of ether oxygens (including phenoxy) is 3. The molecule has 1 amide bonds. The van der Waals surface area contributed by atoms with Crippen molar-refractivity contribution < 1.29 is 64.7 Å². The summed E-state index contributed by atoms with van der Waals surface area (Å²) in [5.74, 6) is -0.888. The van der Waals surface area contributed by atoms with Crippen molar-refractivity contribution in [3.05, 3.63) is 107 Å². The number of fused-ring (bicyclic) bond motifs is 5. The molecule has 10 fully saturated rings. The van der Waals surface area contributed by atoms with Crippen LogP contribution in [0.4, 0.5) is 5.69 Å². The molecule has 20 aliphatic rings. The Hall–Kier alpha value is -3.40. The maximum Gasteiger partial charge on any atom is 0.235 e. The van der Waals surface area contributed by atoms with Crippen molar-refractivity contribution in [2.75, 3.05) is 43.6 Å². The Bertz CT molecular complexity index is 3750. The van der Waals surface area contributed by atoms with E-state index in [0.717, 1.165) is 55.2 Å². The molecule has 9 heterocycles. The minimum Gasteiger partial charge on any atom is -0.508 e. The number of phenolic OH excluding ortho intramolecular Hbond substituents is 1. The largest absolute Gasteiger partial charge is 0.508 e. The highest BCUT2D eigenvalue weighted by Crippen LogP contribution is 2.84. The Balaban J connectivity index is 0.803. The summed E-state index contributed by atoms with van der Waals surface area (Å²) in [5, 5.41) is 109. The van der Waals surface area contributed by atoms with Gasteiger partial charge in [0.15, 0.2) is 5.78 Å². The average Bonchev–Trinajstić information content (AvgIpc) is 1.40. The van der Waals surface area contributed by atoms with Gasteiger partial charge in [-0.05, 0) is 202 Å². The van der Waals surface area contributed by atoms with E-state index in [9.17, 15) is 40.9 Å². The number of epoxide rings is 1. The molecule has 516 valence electrons. The number of phenols is 1. The van der Waals surface area contributed by atoms with Gasteiger partial charge in [0, 0.05) is 75.2 Å². The standard InChI is InChI=1S/C79H100N2O13S2/c1-43(2)44(3)63-65(94-63)76(91)18-8-16-69-22-24-93-78-21-15-60(76)77(69,78)20-13-45-26-53(31-54(84)27-45)81-40-74-51(30-57(64(74)87)71-19-14-49-10-5-6-17-75(49,80-71)55-32-59-47(9-7-23-92-59)28-48(55)35-71)29-50-12-11-46-25-52(79(74,66(81)88)70(50,34-46)41-82)38-95-96-67(89)73-37-62(86)72(90,42-83)39-68(73,4)58(36-69)56(78)33-61(73)85/h7-9,11-12,14,16,19,26-29,31,33,43-44,46,48-49,51-52,55,57-60,62-65,67,80,82-84,86-87,89-91H,5-6,10,13,15,17-18,20-25,30,32,34-42H2,1-4H3/t44-,46-,48+,49-,51+,52-,55+,57+,58+,59-,60-,62-,63+,64-,65-,67+,68-,69+,70-,71-,72-,73+,74+,75+,76-,77+,78-,79-/m1/s1. The molecule has 0 radical (unpaired) electrons. The van der Waals surface area contributed by atoms with E-state index in [4.69, 9.17) is 14.2 Å². The van der Waals surface area contributed by atoms with E-state index in [0.29, 0.717) is 107 Å². The Morgan fingerprint density at radius 1 is 0.865 bits per heavy atom. The predicted octanol–water partition coefficient (Wildman–Crippen LogP) is 9.31. The number of hydrogen-bond donors (Lipinski definition) is 9. The first-order valence-electron chi connectivity index (χ1n) is 37.3. The fourth-order valence-corrected chi connectivity index (χ4v) is 31.5. The normalized spacial score (nSPS) is 54.3. The quantitative estimate of drug-likeness (QED) is 0.0732. The maximum atomic E-state index is 17.7. The molecule has 4 saturated heterocycles. The molecule has 14 bridgehead atoms. The minimum atomic E-state index is -2.01. The zero-order chi connectivity index (χ0) is 66.1. The molecule has 96 heavy (non-hydrogen) atoms. The van der Waals surface area contributed by atoms with Gasteiger partial charge >= 0.3 is 0 Å². The van der Waals surface area contributed by atoms with Crippen molar-refractivity contribution in [1.82, 2.24) is 5.32 Å². The van der Waals surface area contributed by atoms with Gasteiger partial charge in [-0.3, -0.25) is 9.59 Å². The fraction of sp³-hybridized carbons (Fsp3) is 0.722. The number of aliphatic hydroxyl groups excluding tert-OH is 5. The van der Waals surface area contributed by atoms with Gasteiger partial charge in [-0.1, -0.05) is 123 Å². The maximum absolute atomic E-state index is 17.7. The monoisotopic (exact) mass is 1350 g/mol. The lowest BCUT2D eigenvalue weighted by molar-refractivity contribution is -0.274. The Kier molecular flexibility index (Phi) is 13.7. The summed E-state index contributed by atoms with van der Waals surface area (Å²) in [5.41, 5.74) is -10.7. The molecule has 17 heteroatoms. The second-order valence-electron chi connectivity index (χ2n) is 35.5. The Morgan fingerprint density at radius 3 is 2.54 bits per heavy atom. The number of anilines is 1. The highest BCUT2D eigenvalue weighted by molar-refractivity contribution is 8.76. The number of rotatable bonds is 6. The van der Waals surface area contributed by atoms with Gasteiger partial charge in [0.25, 0.3) is 0 Å². The van der Waals surface area contributed by atoms with E-state index in [1.165, 1.54) is 27.2 Å². The van der Waals surface area contributed by atoms with Crippen molar-refractivity contribution in [1.29, 1.82) is 0 Å². The number of carbonyl (C=O) groups is 2. The Labute approximate surface area is 572 Å². The van der Waals surface area contributed by atoms with Crippen molar-refractivity contribution >= 4 is 39.0 Å². The first kappa shape index (κ1) is 63.5. The third kappa shape index (κ3) is 7.35. The molecule has 11 aliphatic carbocycles. The number of piperidine rings is 1. The molecule has 21 rings (SSSR count). The van der Waals surface area contributed by atoms with E-state index in [2.05, 4.69) is 92.9 Å². The summed E-state index contributed by atoms with van der Waals surface area (Å²) in [7, 11) is 2.62. The van der Waals surface area contributed by atoms with Crippen LogP contribution in [0.1, 0.15) is 142 Å². The SMILES string of the molecule is CC(C)[C@@H](C)[C@@H]1O[C@H]1[C@@]1(O)CC=C[C@@]23CCO[C@@]45CC[C@H]1[C@@]24CCc1cc(O)cc(c1)N1C[C@@]24[C@H](O)[C@@H]([C@]67C=C[C@H]8CCCC[C@@]8(N6)[C@H]6C[C@H]8OCC=CC8=C[C@H]6C7)C[C@@H]2C=C2C=C[C@@H]6C[C@H](CSS[C@H](O)[C@@]78C[C@@H](O)[C@](O)(CO)C[C@]7(C)[C@@H](C3)C5=CC8=O)[C@@]4(C1=O)[C@@]2(CO)C6. The van der Waals surface area contributed by atoms with Crippen LogP contribution in [0.25, 0.3) is 0 Å².